The fourth-order valence-electron chi connectivity index (χ4n) is 1.85. The maximum Gasteiger partial charge on any atom is 0.123 e. The first-order valence-corrected chi connectivity index (χ1v) is 7.42. The number of nitrogens with one attached hydrogen (secondary N) is 2. The van der Waals surface area contributed by atoms with E-state index < -0.39 is 0 Å². The van der Waals surface area contributed by atoms with Crippen LogP contribution in [0.5, 0.6) is 5.75 Å². The van der Waals surface area contributed by atoms with Crippen LogP contribution in [-0.2, 0) is 6.54 Å². The number of halogens is 1. The number of rotatable bonds is 5. The van der Waals surface area contributed by atoms with Crippen molar-refractivity contribution in [1.82, 2.24) is 10.6 Å². The van der Waals surface area contributed by atoms with E-state index in [0.717, 1.165) is 35.9 Å². The van der Waals surface area contributed by atoms with Crippen LogP contribution in [0.2, 0.25) is 5.02 Å². The Balaban J connectivity index is 0.000000300. The van der Waals surface area contributed by atoms with Crippen LogP contribution in [-0.4, -0.2) is 26.7 Å². The molecular weight excluding hydrogens is 260 g/mol. The average molecular weight is 285 g/mol. The number of benzene rings is 1. The molecule has 0 bridgehead atoms. The molecular formula is C15H25ClN2O. The van der Waals surface area contributed by atoms with E-state index >= 15 is 0 Å². The summed E-state index contributed by atoms with van der Waals surface area (Å²) in [5.41, 5.74) is 1.11. The van der Waals surface area contributed by atoms with Crippen molar-refractivity contribution >= 4 is 11.6 Å². The van der Waals surface area contributed by atoms with Crippen molar-refractivity contribution in [2.75, 3.05) is 26.7 Å². The van der Waals surface area contributed by atoms with E-state index in [9.17, 15) is 0 Å². The minimum Gasteiger partial charge on any atom is -0.493 e. The second kappa shape index (κ2) is 10.1. The first-order chi connectivity index (χ1) is 9.27. The zero-order valence-electron chi connectivity index (χ0n) is 12.0. The van der Waals surface area contributed by atoms with Crippen LogP contribution in [0.15, 0.2) is 18.2 Å². The Labute approximate surface area is 121 Å². The Bertz CT molecular complexity index is 346. The summed E-state index contributed by atoms with van der Waals surface area (Å²) in [5.74, 6) is 0.922. The largest absolute Gasteiger partial charge is 0.493 e. The Morgan fingerprint density at radius 2 is 2.05 bits per heavy atom. The third-order valence-electron chi connectivity index (χ3n) is 2.81. The van der Waals surface area contributed by atoms with Gasteiger partial charge in [-0.2, -0.15) is 0 Å². The molecule has 2 N–H and O–H groups in total. The van der Waals surface area contributed by atoms with E-state index in [2.05, 4.69) is 17.6 Å². The van der Waals surface area contributed by atoms with Crippen LogP contribution in [0.1, 0.15) is 31.7 Å². The smallest absolute Gasteiger partial charge is 0.123 e. The second-order valence-electron chi connectivity index (χ2n) is 4.59. The maximum atomic E-state index is 5.90. The van der Waals surface area contributed by atoms with Crippen molar-refractivity contribution in [3.05, 3.63) is 28.8 Å². The van der Waals surface area contributed by atoms with Gasteiger partial charge in [0.2, 0.25) is 0 Å². The standard InChI is InChI=1S/C11H16ClNO.C4H9N/c1-3-6-14-11-5-4-10(12)7-9(11)8-13-2;1-2-4-5-3-1/h4-5,7,13H,3,6,8H2,1-2H3;5H,1-4H2. The van der Waals surface area contributed by atoms with Crippen LogP contribution in [0.25, 0.3) is 0 Å². The van der Waals surface area contributed by atoms with Gasteiger partial charge >= 0.3 is 0 Å². The molecule has 0 atom stereocenters. The molecule has 1 heterocycles. The highest BCUT2D eigenvalue weighted by atomic mass is 35.5. The molecule has 2 rings (SSSR count). The fraction of sp³-hybridized carbons (Fsp3) is 0.600. The highest BCUT2D eigenvalue weighted by Gasteiger charge is 2.03. The number of hydrogen-bond donors (Lipinski definition) is 2. The molecule has 1 aliphatic rings. The zero-order valence-corrected chi connectivity index (χ0v) is 12.7. The van der Waals surface area contributed by atoms with Gasteiger partial charge in [0.05, 0.1) is 6.61 Å². The molecule has 1 saturated heterocycles. The van der Waals surface area contributed by atoms with Gasteiger partial charge < -0.3 is 15.4 Å². The molecule has 1 fully saturated rings. The van der Waals surface area contributed by atoms with Crippen molar-refractivity contribution in [2.45, 2.75) is 32.7 Å². The third kappa shape index (κ3) is 6.81. The molecule has 1 aromatic rings. The van der Waals surface area contributed by atoms with Gasteiger partial charge in [-0.15, -0.1) is 0 Å². The lowest BCUT2D eigenvalue weighted by atomic mass is 10.2. The maximum absolute atomic E-state index is 5.90. The normalized spacial score (nSPS) is 13.8. The van der Waals surface area contributed by atoms with Gasteiger partial charge in [0, 0.05) is 17.1 Å². The summed E-state index contributed by atoms with van der Waals surface area (Å²) in [6.45, 7) is 6.12. The predicted octanol–water partition coefficient (Wildman–Crippen LogP) is 3.22. The molecule has 0 saturated carbocycles. The lowest BCUT2D eigenvalue weighted by molar-refractivity contribution is 0.313. The van der Waals surface area contributed by atoms with E-state index in [0.29, 0.717) is 0 Å². The highest BCUT2D eigenvalue weighted by Crippen LogP contribution is 2.22. The molecule has 0 aliphatic carbocycles. The van der Waals surface area contributed by atoms with Crippen molar-refractivity contribution in [1.29, 1.82) is 0 Å². The van der Waals surface area contributed by atoms with Crippen LogP contribution in [0.3, 0.4) is 0 Å². The number of hydrogen-bond acceptors (Lipinski definition) is 3. The van der Waals surface area contributed by atoms with E-state index in [1.165, 1.54) is 25.9 Å². The topological polar surface area (TPSA) is 33.3 Å². The van der Waals surface area contributed by atoms with Crippen molar-refractivity contribution in [3.8, 4) is 5.75 Å². The van der Waals surface area contributed by atoms with Crippen molar-refractivity contribution in [2.24, 2.45) is 0 Å². The zero-order chi connectivity index (χ0) is 13.9. The molecule has 19 heavy (non-hydrogen) atoms. The fourth-order valence-corrected chi connectivity index (χ4v) is 2.05. The molecule has 3 nitrogen and oxygen atoms in total. The minimum absolute atomic E-state index is 0.748. The first kappa shape index (κ1) is 16.3. The number of ether oxygens (including phenoxy) is 1. The summed E-state index contributed by atoms with van der Waals surface area (Å²) in [7, 11) is 1.91. The van der Waals surface area contributed by atoms with E-state index in [4.69, 9.17) is 16.3 Å². The SMILES string of the molecule is C1CCNC1.CCCOc1ccc(Cl)cc1CNC. The van der Waals surface area contributed by atoms with Gasteiger partial charge in [-0.05, 0) is 57.6 Å². The summed E-state index contributed by atoms with van der Waals surface area (Å²) >= 11 is 5.90. The monoisotopic (exact) mass is 284 g/mol. The van der Waals surface area contributed by atoms with Gasteiger partial charge in [0.1, 0.15) is 5.75 Å². The molecule has 0 unspecified atom stereocenters. The van der Waals surface area contributed by atoms with Gasteiger partial charge in [-0.3, -0.25) is 0 Å². The third-order valence-corrected chi connectivity index (χ3v) is 3.04. The van der Waals surface area contributed by atoms with E-state index in [1.807, 2.05) is 25.2 Å². The Hall–Kier alpha value is -0.770. The summed E-state index contributed by atoms with van der Waals surface area (Å²) in [6, 6.07) is 5.71. The molecule has 0 radical (unpaired) electrons. The molecule has 0 spiro atoms. The first-order valence-electron chi connectivity index (χ1n) is 7.04. The van der Waals surface area contributed by atoms with Crippen molar-refractivity contribution < 1.29 is 4.74 Å². The summed E-state index contributed by atoms with van der Waals surface area (Å²) in [5, 5.41) is 7.06. The van der Waals surface area contributed by atoms with E-state index in [-0.39, 0.29) is 0 Å². The van der Waals surface area contributed by atoms with Gasteiger partial charge in [0.15, 0.2) is 0 Å². The molecule has 1 aromatic carbocycles. The van der Waals surface area contributed by atoms with Crippen LogP contribution in [0, 0.1) is 0 Å². The minimum atomic E-state index is 0.748. The lowest BCUT2D eigenvalue weighted by Crippen LogP contribution is -2.07. The quantitative estimate of drug-likeness (QED) is 0.871. The summed E-state index contributed by atoms with van der Waals surface area (Å²) in [4.78, 5) is 0. The van der Waals surface area contributed by atoms with Gasteiger partial charge in [-0.1, -0.05) is 18.5 Å². The summed E-state index contributed by atoms with van der Waals surface area (Å²) in [6.07, 6.45) is 3.79. The molecule has 1 aliphatic heterocycles. The van der Waals surface area contributed by atoms with Gasteiger partial charge in [-0.25, -0.2) is 0 Å². The highest BCUT2D eigenvalue weighted by molar-refractivity contribution is 6.30. The van der Waals surface area contributed by atoms with Crippen LogP contribution >= 0.6 is 11.6 Å². The Kier molecular flexibility index (Phi) is 8.63. The molecule has 0 aromatic heterocycles. The average Bonchev–Trinajstić information content (AvgIpc) is 2.97. The second-order valence-corrected chi connectivity index (χ2v) is 5.02. The van der Waals surface area contributed by atoms with Crippen LogP contribution < -0.4 is 15.4 Å². The molecule has 0 amide bonds. The lowest BCUT2D eigenvalue weighted by Gasteiger charge is -2.10. The van der Waals surface area contributed by atoms with Gasteiger partial charge in [0.25, 0.3) is 0 Å². The molecule has 4 heteroatoms. The van der Waals surface area contributed by atoms with Crippen LogP contribution in [0.4, 0.5) is 0 Å². The van der Waals surface area contributed by atoms with Crippen molar-refractivity contribution in [3.63, 3.8) is 0 Å². The Morgan fingerprint density at radius 1 is 1.32 bits per heavy atom. The predicted molar refractivity (Wildman–Crippen MR) is 82.1 cm³/mol. The molecule has 108 valence electrons. The summed E-state index contributed by atoms with van der Waals surface area (Å²) < 4.78 is 5.60. The van der Waals surface area contributed by atoms with E-state index in [1.54, 1.807) is 0 Å². The Morgan fingerprint density at radius 3 is 2.58 bits per heavy atom.